The van der Waals surface area contributed by atoms with Crippen LogP contribution in [0.2, 0.25) is 0 Å². The number of rotatable bonds is 4. The van der Waals surface area contributed by atoms with E-state index >= 15 is 0 Å². The molecule has 3 N–H and O–H groups in total. The summed E-state index contributed by atoms with van der Waals surface area (Å²) in [7, 11) is 0. The van der Waals surface area contributed by atoms with Gasteiger partial charge in [0.1, 0.15) is 0 Å². The van der Waals surface area contributed by atoms with E-state index < -0.39 is 5.92 Å². The minimum Gasteiger partial charge on any atom is -0.271 e. The summed E-state index contributed by atoms with van der Waals surface area (Å²) in [6.45, 7) is 4.14. The van der Waals surface area contributed by atoms with Gasteiger partial charge in [-0.1, -0.05) is 29.3 Å². The fourth-order valence-electron chi connectivity index (χ4n) is 3.27. The molecule has 1 aliphatic carbocycles. The molecular weight excluding hydrogens is 258 g/mol. The van der Waals surface area contributed by atoms with Crippen LogP contribution in [0.5, 0.6) is 0 Å². The third-order valence-electron chi connectivity index (χ3n) is 4.28. The maximum Gasteiger partial charge on any atom is 0.248 e. The maximum atomic E-state index is 13.2. The Balaban J connectivity index is 2.02. The highest BCUT2D eigenvalue weighted by atomic mass is 19.3. The molecule has 0 aromatic heterocycles. The van der Waals surface area contributed by atoms with Crippen molar-refractivity contribution in [3.05, 3.63) is 34.9 Å². The molecular formula is C16H24F2N2. The molecule has 0 amide bonds. The molecule has 1 aromatic carbocycles. The van der Waals surface area contributed by atoms with Crippen molar-refractivity contribution in [2.45, 2.75) is 57.9 Å². The molecule has 20 heavy (non-hydrogen) atoms. The monoisotopic (exact) mass is 282 g/mol. The van der Waals surface area contributed by atoms with Crippen LogP contribution in [0.4, 0.5) is 8.78 Å². The number of alkyl halides is 2. The molecule has 1 aliphatic rings. The van der Waals surface area contributed by atoms with E-state index in [1.807, 2.05) is 0 Å². The Labute approximate surface area is 119 Å². The summed E-state index contributed by atoms with van der Waals surface area (Å²) >= 11 is 0. The lowest BCUT2D eigenvalue weighted by molar-refractivity contribution is -0.0495. The first-order chi connectivity index (χ1) is 9.39. The summed E-state index contributed by atoms with van der Waals surface area (Å²) in [5, 5.41) is 0. The van der Waals surface area contributed by atoms with E-state index in [-0.39, 0.29) is 24.8 Å². The molecule has 0 saturated heterocycles. The lowest BCUT2D eigenvalue weighted by Gasteiger charge is -2.33. The molecule has 1 aromatic rings. The van der Waals surface area contributed by atoms with Crippen LogP contribution >= 0.6 is 0 Å². The minimum absolute atomic E-state index is 0.0112. The standard InChI is InChI=1S/C16H24F2N2/c1-11-7-12(2)9-13(8-11)10-15(20-19)14-3-5-16(17,18)6-4-14/h7-9,14-15,20H,3-6,10,19H2,1-2H3. The van der Waals surface area contributed by atoms with Crippen LogP contribution in [-0.2, 0) is 6.42 Å². The molecule has 4 heteroatoms. The van der Waals surface area contributed by atoms with Crippen LogP contribution in [0.3, 0.4) is 0 Å². The third kappa shape index (κ3) is 4.00. The fourth-order valence-corrected chi connectivity index (χ4v) is 3.27. The molecule has 1 fully saturated rings. The smallest absolute Gasteiger partial charge is 0.248 e. The summed E-state index contributed by atoms with van der Waals surface area (Å²) in [4.78, 5) is 0. The summed E-state index contributed by atoms with van der Waals surface area (Å²) in [5.74, 6) is 3.42. The second kappa shape index (κ2) is 6.19. The van der Waals surface area contributed by atoms with Crippen molar-refractivity contribution < 1.29 is 8.78 Å². The Kier molecular flexibility index (Phi) is 4.76. The van der Waals surface area contributed by atoms with Gasteiger partial charge in [-0.05, 0) is 44.6 Å². The number of nitrogens with two attached hydrogens (primary N) is 1. The molecule has 112 valence electrons. The number of hydrogen-bond acceptors (Lipinski definition) is 2. The number of nitrogens with one attached hydrogen (secondary N) is 1. The van der Waals surface area contributed by atoms with Gasteiger partial charge in [-0.3, -0.25) is 11.3 Å². The molecule has 0 aliphatic heterocycles. The van der Waals surface area contributed by atoms with Crippen molar-refractivity contribution in [2.24, 2.45) is 11.8 Å². The molecule has 2 rings (SSSR count). The minimum atomic E-state index is -2.48. The normalized spacial score (nSPS) is 20.9. The molecule has 0 heterocycles. The quantitative estimate of drug-likeness (QED) is 0.655. The Morgan fingerprint density at radius 1 is 1.20 bits per heavy atom. The van der Waals surface area contributed by atoms with Crippen LogP contribution < -0.4 is 11.3 Å². The second-order valence-corrected chi connectivity index (χ2v) is 6.17. The van der Waals surface area contributed by atoms with Crippen molar-refractivity contribution in [1.29, 1.82) is 0 Å². The number of hydrazine groups is 1. The predicted molar refractivity (Wildman–Crippen MR) is 77.6 cm³/mol. The van der Waals surface area contributed by atoms with Crippen LogP contribution in [-0.4, -0.2) is 12.0 Å². The Morgan fingerprint density at radius 3 is 2.25 bits per heavy atom. The highest BCUT2D eigenvalue weighted by Crippen LogP contribution is 2.37. The van der Waals surface area contributed by atoms with E-state index in [1.54, 1.807) is 0 Å². The van der Waals surface area contributed by atoms with Crippen LogP contribution in [0, 0.1) is 19.8 Å². The van der Waals surface area contributed by atoms with Gasteiger partial charge in [0, 0.05) is 18.9 Å². The van der Waals surface area contributed by atoms with E-state index in [2.05, 4.69) is 37.5 Å². The highest BCUT2D eigenvalue weighted by Gasteiger charge is 2.37. The van der Waals surface area contributed by atoms with Gasteiger partial charge in [-0.15, -0.1) is 0 Å². The van der Waals surface area contributed by atoms with Gasteiger partial charge >= 0.3 is 0 Å². The van der Waals surface area contributed by atoms with Gasteiger partial charge < -0.3 is 0 Å². The van der Waals surface area contributed by atoms with Gasteiger partial charge in [0.05, 0.1) is 0 Å². The summed E-state index contributed by atoms with van der Waals surface area (Å²) in [6, 6.07) is 6.51. The number of benzene rings is 1. The topological polar surface area (TPSA) is 38.0 Å². The largest absolute Gasteiger partial charge is 0.271 e. The first-order valence-corrected chi connectivity index (χ1v) is 7.31. The average molecular weight is 282 g/mol. The summed E-state index contributed by atoms with van der Waals surface area (Å²) in [6.07, 6.45) is 1.87. The van der Waals surface area contributed by atoms with Gasteiger partial charge in [-0.25, -0.2) is 8.78 Å². The molecule has 2 nitrogen and oxygen atoms in total. The average Bonchev–Trinajstić information content (AvgIpc) is 2.35. The molecule has 0 bridgehead atoms. The lowest BCUT2D eigenvalue weighted by atomic mass is 9.80. The second-order valence-electron chi connectivity index (χ2n) is 6.17. The van der Waals surface area contributed by atoms with Crippen LogP contribution in [0.25, 0.3) is 0 Å². The first-order valence-electron chi connectivity index (χ1n) is 7.31. The van der Waals surface area contributed by atoms with Crippen molar-refractivity contribution >= 4 is 0 Å². The fraction of sp³-hybridized carbons (Fsp3) is 0.625. The molecule has 1 atom stereocenters. The van der Waals surface area contributed by atoms with Crippen molar-refractivity contribution in [1.82, 2.24) is 5.43 Å². The Bertz CT molecular complexity index is 430. The van der Waals surface area contributed by atoms with E-state index in [9.17, 15) is 8.78 Å². The first kappa shape index (κ1) is 15.4. The van der Waals surface area contributed by atoms with Gasteiger partial charge in [0.2, 0.25) is 5.92 Å². The van der Waals surface area contributed by atoms with Crippen molar-refractivity contribution in [3.8, 4) is 0 Å². The molecule has 0 spiro atoms. The van der Waals surface area contributed by atoms with E-state index in [1.165, 1.54) is 16.7 Å². The maximum absolute atomic E-state index is 13.2. The van der Waals surface area contributed by atoms with Gasteiger partial charge in [-0.2, -0.15) is 0 Å². The third-order valence-corrected chi connectivity index (χ3v) is 4.28. The summed E-state index contributed by atoms with van der Waals surface area (Å²) in [5.41, 5.74) is 6.52. The number of aryl methyl sites for hydroxylation is 2. The zero-order chi connectivity index (χ0) is 14.8. The van der Waals surface area contributed by atoms with Crippen LogP contribution in [0.1, 0.15) is 42.4 Å². The zero-order valence-corrected chi connectivity index (χ0v) is 12.3. The van der Waals surface area contributed by atoms with Crippen molar-refractivity contribution in [2.75, 3.05) is 0 Å². The number of hydrogen-bond donors (Lipinski definition) is 2. The van der Waals surface area contributed by atoms with Crippen molar-refractivity contribution in [3.63, 3.8) is 0 Å². The predicted octanol–water partition coefficient (Wildman–Crippen LogP) is 3.50. The zero-order valence-electron chi connectivity index (χ0n) is 12.3. The van der Waals surface area contributed by atoms with E-state index in [0.29, 0.717) is 12.8 Å². The Hall–Kier alpha value is -1.00. The van der Waals surface area contributed by atoms with E-state index in [0.717, 1.165) is 6.42 Å². The van der Waals surface area contributed by atoms with E-state index in [4.69, 9.17) is 5.84 Å². The van der Waals surface area contributed by atoms with Gasteiger partial charge in [0.25, 0.3) is 0 Å². The molecule has 0 radical (unpaired) electrons. The SMILES string of the molecule is Cc1cc(C)cc(CC(NN)C2CCC(F)(F)CC2)c1. The Morgan fingerprint density at radius 2 is 1.75 bits per heavy atom. The van der Waals surface area contributed by atoms with Gasteiger partial charge in [0.15, 0.2) is 0 Å². The lowest BCUT2D eigenvalue weighted by Crippen LogP contribution is -2.44. The molecule has 1 unspecified atom stereocenters. The molecule has 1 saturated carbocycles. The van der Waals surface area contributed by atoms with Crippen LogP contribution in [0.15, 0.2) is 18.2 Å². The summed E-state index contributed by atoms with van der Waals surface area (Å²) < 4.78 is 26.5. The highest BCUT2D eigenvalue weighted by molar-refractivity contribution is 5.29. The number of halogens is 2.